The maximum Gasteiger partial charge on any atom is 0.445 e. The smallest absolute Gasteiger partial charge is 0.279 e. The van der Waals surface area contributed by atoms with Gasteiger partial charge in [-0.15, -0.1) is 0 Å². The van der Waals surface area contributed by atoms with Gasteiger partial charge in [-0.2, -0.15) is 39.5 Å². The van der Waals surface area contributed by atoms with Crippen molar-refractivity contribution in [3.63, 3.8) is 0 Å². The average Bonchev–Trinajstić information content (AvgIpc) is 2.13. The van der Waals surface area contributed by atoms with Crippen LogP contribution in [0.5, 0.6) is 0 Å². The molecule has 0 amide bonds. The first kappa shape index (κ1) is 21.4. The molecule has 20 heavy (non-hydrogen) atoms. The summed E-state index contributed by atoms with van der Waals surface area (Å²) in [7, 11) is 0. The van der Waals surface area contributed by atoms with E-state index in [-0.39, 0.29) is 0 Å². The molecule has 0 aromatic carbocycles. The molecule has 1 unspecified atom stereocenters. The molecule has 0 rings (SSSR count). The van der Waals surface area contributed by atoms with Gasteiger partial charge in [0.15, 0.2) is 0 Å². The Morgan fingerprint density at radius 1 is 0.650 bits per heavy atom. The zero-order chi connectivity index (χ0) is 16.7. The fourth-order valence-electron chi connectivity index (χ4n) is 0.338. The second kappa shape index (κ2) is 8.39. The predicted molar refractivity (Wildman–Crippen MR) is 36.1 cm³/mol. The Labute approximate surface area is 102 Å². The van der Waals surface area contributed by atoms with E-state index in [4.69, 9.17) is 0 Å². The molecule has 1 atom stereocenters. The Bertz CT molecular complexity index is 251. The molecule has 0 aromatic heterocycles. The standard InChI is InChI=1S/2C3H2F6O/c4-1(3(7,8)9)10-2(5)6;4-1(5)3(8,9)10-2(6)7/h2*1-2H. The first-order valence-electron chi connectivity index (χ1n) is 3.96. The second-order valence-corrected chi connectivity index (χ2v) is 2.50. The van der Waals surface area contributed by atoms with Crippen molar-refractivity contribution < 1.29 is 62.2 Å². The van der Waals surface area contributed by atoms with Crippen molar-refractivity contribution >= 4 is 0 Å². The van der Waals surface area contributed by atoms with Crippen molar-refractivity contribution in [3.8, 4) is 0 Å². The minimum Gasteiger partial charge on any atom is -0.279 e. The van der Waals surface area contributed by atoms with Crippen LogP contribution >= 0.6 is 0 Å². The fraction of sp³-hybridized carbons (Fsp3) is 1.00. The van der Waals surface area contributed by atoms with Gasteiger partial charge in [-0.3, -0.25) is 9.47 Å². The monoisotopic (exact) mass is 336 g/mol. The van der Waals surface area contributed by atoms with E-state index >= 15 is 0 Å². The maximum atomic E-state index is 11.3. The Morgan fingerprint density at radius 3 is 1.15 bits per heavy atom. The topological polar surface area (TPSA) is 18.5 Å². The van der Waals surface area contributed by atoms with E-state index in [0.29, 0.717) is 0 Å². The van der Waals surface area contributed by atoms with Crippen molar-refractivity contribution in [2.24, 2.45) is 0 Å². The second-order valence-electron chi connectivity index (χ2n) is 2.50. The molecule has 0 aromatic rings. The van der Waals surface area contributed by atoms with Crippen molar-refractivity contribution in [1.29, 1.82) is 0 Å². The van der Waals surface area contributed by atoms with Gasteiger partial charge in [0.05, 0.1) is 0 Å². The molecule has 0 heterocycles. The molecule has 0 radical (unpaired) electrons. The summed E-state index contributed by atoms with van der Waals surface area (Å²) >= 11 is 0. The van der Waals surface area contributed by atoms with E-state index in [0.717, 1.165) is 0 Å². The van der Waals surface area contributed by atoms with Crippen LogP contribution in [-0.2, 0) is 9.47 Å². The Balaban J connectivity index is 0. The molecule has 14 heteroatoms. The van der Waals surface area contributed by atoms with E-state index in [1.54, 1.807) is 0 Å². The highest BCUT2D eigenvalue weighted by molar-refractivity contribution is 4.53. The molecule has 0 aliphatic carbocycles. The Kier molecular flexibility index (Phi) is 8.96. The van der Waals surface area contributed by atoms with Crippen LogP contribution in [-0.4, -0.2) is 38.3 Å². The number of rotatable bonds is 5. The lowest BCUT2D eigenvalue weighted by Crippen LogP contribution is -2.32. The Hall–Kier alpha value is -0.920. The molecule has 0 aliphatic heterocycles. The third-order valence-corrected chi connectivity index (χ3v) is 0.980. The van der Waals surface area contributed by atoms with Crippen LogP contribution in [0.1, 0.15) is 0 Å². The zero-order valence-electron chi connectivity index (χ0n) is 8.66. The van der Waals surface area contributed by atoms with Crippen molar-refractivity contribution in [2.75, 3.05) is 0 Å². The highest BCUT2D eigenvalue weighted by Gasteiger charge is 2.45. The minimum atomic E-state index is -5.38. The van der Waals surface area contributed by atoms with Gasteiger partial charge >= 0.3 is 31.9 Å². The van der Waals surface area contributed by atoms with Gasteiger partial charge in [0.1, 0.15) is 0 Å². The molecule has 2 nitrogen and oxygen atoms in total. The van der Waals surface area contributed by atoms with Gasteiger partial charge < -0.3 is 0 Å². The molecule has 0 spiro atoms. The van der Waals surface area contributed by atoms with Crippen LogP contribution in [0.4, 0.5) is 52.7 Å². The van der Waals surface area contributed by atoms with E-state index in [9.17, 15) is 52.7 Å². The molecular formula is C6H4F12O2. The van der Waals surface area contributed by atoms with Crippen LogP contribution in [0, 0.1) is 0 Å². The summed E-state index contributed by atoms with van der Waals surface area (Å²) in [5.74, 6) is 0. The van der Waals surface area contributed by atoms with Crippen molar-refractivity contribution in [1.82, 2.24) is 0 Å². The number of alkyl halides is 12. The van der Waals surface area contributed by atoms with Crippen LogP contribution in [0.2, 0.25) is 0 Å². The number of hydrogen-bond donors (Lipinski definition) is 0. The quantitative estimate of drug-likeness (QED) is 0.702. The third-order valence-electron chi connectivity index (χ3n) is 0.980. The van der Waals surface area contributed by atoms with E-state index in [2.05, 4.69) is 9.47 Å². The van der Waals surface area contributed by atoms with Crippen LogP contribution < -0.4 is 0 Å². The number of halogens is 12. The van der Waals surface area contributed by atoms with E-state index < -0.39 is 38.3 Å². The third kappa shape index (κ3) is 11.0. The highest BCUT2D eigenvalue weighted by atomic mass is 19.4. The summed E-state index contributed by atoms with van der Waals surface area (Å²) < 4.78 is 137. The molecule has 0 saturated carbocycles. The molecule has 0 N–H and O–H groups in total. The fourth-order valence-corrected chi connectivity index (χ4v) is 0.338. The summed E-state index contributed by atoms with van der Waals surface area (Å²) in [6.07, 6.45) is -18.6. The van der Waals surface area contributed by atoms with E-state index in [1.807, 2.05) is 0 Å². The average molecular weight is 336 g/mol. The number of hydrogen-bond acceptors (Lipinski definition) is 2. The molecule has 124 valence electrons. The first-order chi connectivity index (χ1) is 8.70. The maximum absolute atomic E-state index is 11.3. The largest absolute Gasteiger partial charge is 0.445 e. The summed E-state index contributed by atoms with van der Waals surface area (Å²) in [4.78, 5) is 0. The highest BCUT2D eigenvalue weighted by Crippen LogP contribution is 2.26. The number of ether oxygens (including phenoxy) is 2. The van der Waals surface area contributed by atoms with Crippen molar-refractivity contribution in [3.05, 3.63) is 0 Å². The normalized spacial score (nSPS) is 14.6. The molecule has 0 saturated heterocycles. The van der Waals surface area contributed by atoms with Crippen LogP contribution in [0.3, 0.4) is 0 Å². The first-order valence-corrected chi connectivity index (χ1v) is 3.96. The molecular weight excluding hydrogens is 332 g/mol. The van der Waals surface area contributed by atoms with Crippen molar-refractivity contribution in [2.45, 2.75) is 38.3 Å². The summed E-state index contributed by atoms with van der Waals surface area (Å²) in [6.45, 7) is -7.65. The van der Waals surface area contributed by atoms with Gasteiger partial charge in [-0.1, -0.05) is 0 Å². The van der Waals surface area contributed by atoms with Gasteiger partial charge in [0.2, 0.25) is 0 Å². The van der Waals surface area contributed by atoms with Crippen LogP contribution in [0.15, 0.2) is 0 Å². The summed E-state index contributed by atoms with van der Waals surface area (Å²) in [6, 6.07) is 0. The van der Waals surface area contributed by atoms with Gasteiger partial charge in [0.25, 0.3) is 6.36 Å². The van der Waals surface area contributed by atoms with Gasteiger partial charge in [0, 0.05) is 0 Å². The van der Waals surface area contributed by atoms with Gasteiger partial charge in [-0.25, -0.2) is 13.2 Å². The summed E-state index contributed by atoms with van der Waals surface area (Å²) in [5, 5.41) is 0. The Morgan fingerprint density at radius 2 is 1.05 bits per heavy atom. The van der Waals surface area contributed by atoms with Crippen LogP contribution in [0.25, 0.3) is 0 Å². The summed E-state index contributed by atoms with van der Waals surface area (Å²) in [5.41, 5.74) is 0. The molecule has 0 fully saturated rings. The lowest BCUT2D eigenvalue weighted by molar-refractivity contribution is -0.359. The SMILES string of the molecule is FC(F)OC(F)(F)C(F)F.FC(F)OC(F)C(F)(F)F. The minimum absolute atomic E-state index is 2.28. The van der Waals surface area contributed by atoms with E-state index in [1.165, 1.54) is 0 Å². The molecule has 0 bridgehead atoms. The van der Waals surface area contributed by atoms with Gasteiger partial charge in [-0.05, 0) is 0 Å². The molecule has 0 aliphatic rings. The predicted octanol–water partition coefficient (Wildman–Crippen LogP) is 4.17. The zero-order valence-corrected chi connectivity index (χ0v) is 8.66. The lowest BCUT2D eigenvalue weighted by atomic mass is 10.7. The lowest BCUT2D eigenvalue weighted by Gasteiger charge is -2.13.